The van der Waals surface area contributed by atoms with Gasteiger partial charge in [-0.15, -0.1) is 0 Å². The summed E-state index contributed by atoms with van der Waals surface area (Å²) in [5.41, 5.74) is 0.232. The molecule has 2 aromatic heterocycles. The van der Waals surface area contributed by atoms with Crippen LogP contribution in [0.3, 0.4) is 0 Å². The van der Waals surface area contributed by atoms with Crippen molar-refractivity contribution >= 4 is 11.9 Å². The van der Waals surface area contributed by atoms with Crippen LogP contribution in [0.25, 0.3) is 0 Å². The van der Waals surface area contributed by atoms with Crippen molar-refractivity contribution in [2.45, 2.75) is 6.67 Å². The fourth-order valence-corrected chi connectivity index (χ4v) is 1.41. The zero-order valence-electron chi connectivity index (χ0n) is 10.3. The van der Waals surface area contributed by atoms with Gasteiger partial charge in [0.05, 0.1) is 7.11 Å². The molecule has 0 atom stereocenters. The van der Waals surface area contributed by atoms with Crippen LogP contribution in [0, 0.1) is 0 Å². The highest BCUT2D eigenvalue weighted by Gasteiger charge is 2.11. The lowest BCUT2D eigenvalue weighted by atomic mass is 10.4. The van der Waals surface area contributed by atoms with E-state index in [1.165, 1.54) is 7.11 Å². The van der Waals surface area contributed by atoms with Gasteiger partial charge in [0.25, 0.3) is 5.91 Å². The van der Waals surface area contributed by atoms with Crippen LogP contribution >= 0.6 is 0 Å². The minimum Gasteiger partial charge on any atom is -0.468 e. The third-order valence-electron chi connectivity index (χ3n) is 2.34. The number of esters is 1. The number of aromatic nitrogens is 4. The topological polar surface area (TPSA) is 91.0 Å². The van der Waals surface area contributed by atoms with Crippen molar-refractivity contribution in [1.82, 2.24) is 24.9 Å². The van der Waals surface area contributed by atoms with Gasteiger partial charge in [-0.05, 0) is 12.1 Å². The lowest BCUT2D eigenvalue weighted by Gasteiger charge is -2.02. The Morgan fingerprint density at radius 3 is 2.89 bits per heavy atom. The SMILES string of the molecule is COC(=O)CNC(=O)c1ccn(Cn2cccn2)n1. The molecule has 8 nitrogen and oxygen atoms in total. The lowest BCUT2D eigenvalue weighted by molar-refractivity contribution is -0.139. The van der Waals surface area contributed by atoms with E-state index in [9.17, 15) is 9.59 Å². The van der Waals surface area contributed by atoms with Crippen molar-refractivity contribution in [2.24, 2.45) is 0 Å². The quantitative estimate of drug-likeness (QED) is 0.733. The molecule has 2 aromatic rings. The predicted molar refractivity (Wildman–Crippen MR) is 64.2 cm³/mol. The molecule has 0 aromatic carbocycles. The maximum absolute atomic E-state index is 11.7. The monoisotopic (exact) mass is 263 g/mol. The van der Waals surface area contributed by atoms with Crippen molar-refractivity contribution in [3.8, 4) is 0 Å². The van der Waals surface area contributed by atoms with Gasteiger partial charge in [0.2, 0.25) is 0 Å². The lowest BCUT2D eigenvalue weighted by Crippen LogP contribution is -2.30. The number of ether oxygens (including phenoxy) is 1. The molecule has 0 aliphatic rings. The van der Waals surface area contributed by atoms with E-state index in [1.54, 1.807) is 40.1 Å². The van der Waals surface area contributed by atoms with Gasteiger partial charge in [-0.3, -0.25) is 19.0 Å². The standard InChI is InChI=1S/C11H13N5O3/c1-19-10(17)7-12-11(18)9-3-6-16(14-9)8-15-5-2-4-13-15/h2-6H,7-8H2,1H3,(H,12,18). The Hall–Kier alpha value is -2.64. The molecule has 19 heavy (non-hydrogen) atoms. The van der Waals surface area contributed by atoms with Gasteiger partial charge in [-0.2, -0.15) is 10.2 Å². The van der Waals surface area contributed by atoms with E-state index >= 15 is 0 Å². The van der Waals surface area contributed by atoms with Gasteiger partial charge in [-0.25, -0.2) is 0 Å². The fourth-order valence-electron chi connectivity index (χ4n) is 1.41. The number of rotatable bonds is 5. The number of carbonyl (C=O) groups excluding carboxylic acids is 2. The Labute approximate surface area is 109 Å². The van der Waals surface area contributed by atoms with Crippen LogP contribution in [0.4, 0.5) is 0 Å². The maximum Gasteiger partial charge on any atom is 0.325 e. The van der Waals surface area contributed by atoms with E-state index in [0.717, 1.165) is 0 Å². The van der Waals surface area contributed by atoms with Gasteiger partial charge in [0, 0.05) is 18.6 Å². The molecular formula is C11H13N5O3. The molecule has 0 aliphatic carbocycles. The first-order valence-corrected chi connectivity index (χ1v) is 5.55. The van der Waals surface area contributed by atoms with Crippen molar-refractivity contribution in [2.75, 3.05) is 13.7 Å². The van der Waals surface area contributed by atoms with E-state index < -0.39 is 11.9 Å². The molecule has 0 radical (unpaired) electrons. The number of hydrogen-bond acceptors (Lipinski definition) is 5. The van der Waals surface area contributed by atoms with Crippen molar-refractivity contribution in [1.29, 1.82) is 0 Å². The Bertz CT molecular complexity index is 561. The number of carbonyl (C=O) groups is 2. The highest BCUT2D eigenvalue weighted by molar-refractivity contribution is 5.94. The largest absolute Gasteiger partial charge is 0.468 e. The van der Waals surface area contributed by atoms with Crippen molar-refractivity contribution in [3.63, 3.8) is 0 Å². The van der Waals surface area contributed by atoms with Gasteiger partial charge in [0.15, 0.2) is 0 Å². The van der Waals surface area contributed by atoms with Crippen LogP contribution in [-0.4, -0.2) is 45.1 Å². The van der Waals surface area contributed by atoms with Crippen LogP contribution in [0.5, 0.6) is 0 Å². The molecule has 0 saturated carbocycles. The minimum atomic E-state index is -0.510. The van der Waals surface area contributed by atoms with Gasteiger partial charge < -0.3 is 10.1 Å². The molecule has 0 aliphatic heterocycles. The summed E-state index contributed by atoms with van der Waals surface area (Å²) in [7, 11) is 1.26. The zero-order chi connectivity index (χ0) is 13.7. The molecule has 2 heterocycles. The molecule has 100 valence electrons. The summed E-state index contributed by atoms with van der Waals surface area (Å²) < 4.78 is 7.66. The number of methoxy groups -OCH3 is 1. The molecule has 0 saturated heterocycles. The van der Waals surface area contributed by atoms with Crippen LogP contribution in [-0.2, 0) is 16.2 Å². The molecule has 2 rings (SSSR count). The third-order valence-corrected chi connectivity index (χ3v) is 2.34. The summed E-state index contributed by atoms with van der Waals surface area (Å²) in [4.78, 5) is 22.6. The van der Waals surface area contributed by atoms with E-state index in [2.05, 4.69) is 20.3 Å². The van der Waals surface area contributed by atoms with Crippen LogP contribution < -0.4 is 5.32 Å². The maximum atomic E-state index is 11.7. The van der Waals surface area contributed by atoms with E-state index in [1.807, 2.05) is 0 Å². The van der Waals surface area contributed by atoms with Gasteiger partial charge in [-0.1, -0.05) is 0 Å². The smallest absolute Gasteiger partial charge is 0.325 e. The molecule has 1 amide bonds. The van der Waals surface area contributed by atoms with Crippen LogP contribution in [0.2, 0.25) is 0 Å². The number of nitrogens with zero attached hydrogens (tertiary/aromatic N) is 4. The van der Waals surface area contributed by atoms with Gasteiger partial charge >= 0.3 is 5.97 Å². The highest BCUT2D eigenvalue weighted by atomic mass is 16.5. The second kappa shape index (κ2) is 5.80. The first-order chi connectivity index (χ1) is 9.19. The second-order valence-electron chi connectivity index (χ2n) is 3.69. The fraction of sp³-hybridized carbons (Fsp3) is 0.273. The summed E-state index contributed by atoms with van der Waals surface area (Å²) in [5, 5.41) is 10.5. The second-order valence-corrected chi connectivity index (χ2v) is 3.69. The molecule has 0 unspecified atom stereocenters. The normalized spacial score (nSPS) is 10.2. The summed E-state index contributed by atoms with van der Waals surface area (Å²) in [5.74, 6) is -0.936. The number of nitrogens with one attached hydrogen (secondary N) is 1. The van der Waals surface area contributed by atoms with Crippen LogP contribution in [0.15, 0.2) is 30.7 Å². The molecule has 0 bridgehead atoms. The average Bonchev–Trinajstić information content (AvgIpc) is 3.07. The van der Waals surface area contributed by atoms with Crippen LogP contribution in [0.1, 0.15) is 10.5 Å². The summed E-state index contributed by atoms with van der Waals surface area (Å²) >= 11 is 0. The third kappa shape index (κ3) is 3.41. The Balaban J connectivity index is 1.93. The number of hydrogen-bond donors (Lipinski definition) is 1. The Morgan fingerprint density at radius 1 is 1.37 bits per heavy atom. The molecule has 0 spiro atoms. The molecule has 8 heteroatoms. The summed E-state index contributed by atoms with van der Waals surface area (Å²) in [6, 6.07) is 3.36. The Kier molecular flexibility index (Phi) is 3.91. The van der Waals surface area contributed by atoms with Crippen molar-refractivity contribution in [3.05, 3.63) is 36.4 Å². The summed E-state index contributed by atoms with van der Waals surface area (Å²) in [6.07, 6.45) is 5.11. The first kappa shape index (κ1) is 12.8. The predicted octanol–water partition coefficient (Wildman–Crippen LogP) is -0.512. The van der Waals surface area contributed by atoms with E-state index in [0.29, 0.717) is 6.67 Å². The van der Waals surface area contributed by atoms with E-state index in [4.69, 9.17) is 0 Å². The van der Waals surface area contributed by atoms with E-state index in [-0.39, 0.29) is 12.2 Å². The summed E-state index contributed by atoms with van der Waals surface area (Å²) in [6.45, 7) is 0.235. The Morgan fingerprint density at radius 2 is 2.21 bits per heavy atom. The highest BCUT2D eigenvalue weighted by Crippen LogP contribution is 1.96. The zero-order valence-corrected chi connectivity index (χ0v) is 10.3. The first-order valence-electron chi connectivity index (χ1n) is 5.55. The van der Waals surface area contributed by atoms with Gasteiger partial charge in [0.1, 0.15) is 18.9 Å². The minimum absolute atomic E-state index is 0.179. The molecule has 1 N–H and O–H groups in total. The number of amides is 1. The average molecular weight is 263 g/mol. The van der Waals surface area contributed by atoms with Crippen molar-refractivity contribution < 1.29 is 14.3 Å². The molecule has 0 fully saturated rings. The molecular weight excluding hydrogens is 250 g/mol.